The minimum absolute atomic E-state index is 0.289. The second-order valence-electron chi connectivity index (χ2n) is 9.92. The molecule has 182 valence electrons. The maximum absolute atomic E-state index is 14.5. The molecule has 3 saturated heterocycles. The van der Waals surface area contributed by atoms with Crippen molar-refractivity contribution in [3.63, 3.8) is 0 Å². The van der Waals surface area contributed by atoms with Crippen LogP contribution in [0.5, 0.6) is 0 Å². The van der Waals surface area contributed by atoms with Crippen molar-refractivity contribution < 1.29 is 9.13 Å². The summed E-state index contributed by atoms with van der Waals surface area (Å²) >= 11 is 1.80. The van der Waals surface area contributed by atoms with Crippen molar-refractivity contribution >= 4 is 38.3 Å². The molecule has 6 heterocycles. The molecule has 35 heavy (non-hydrogen) atoms. The molecular weight excluding hydrogens is 463 g/mol. The fraction of sp³-hybridized carbons (Fsp3) is 0.462. The smallest absolute Gasteiger partial charge is 0.163 e. The zero-order chi connectivity index (χ0) is 23.4. The predicted octanol–water partition coefficient (Wildman–Crippen LogP) is 4.00. The number of hydrogen-bond acceptors (Lipinski definition) is 7. The molecule has 1 aromatic carbocycles. The third kappa shape index (κ3) is 4.00. The van der Waals surface area contributed by atoms with E-state index in [1.165, 1.54) is 23.8 Å². The molecule has 3 fully saturated rings. The SMILES string of the molecule is Fc1cc(-c2nc(N3CCOCC3)c3sc(CN4CCC5NCCC5C4)cc3n2)c2cc[nH]c2c1. The molecular formula is C26H29FN6OS. The number of likely N-dealkylation sites (tertiary alicyclic amines) is 1. The van der Waals surface area contributed by atoms with Gasteiger partial charge in [0.2, 0.25) is 0 Å². The fourth-order valence-corrected chi connectivity index (χ4v) is 7.11. The highest BCUT2D eigenvalue weighted by Crippen LogP contribution is 2.37. The molecule has 2 N–H and O–H groups in total. The molecule has 0 saturated carbocycles. The summed E-state index contributed by atoms with van der Waals surface area (Å²) in [5.41, 5.74) is 2.43. The molecule has 2 unspecified atom stereocenters. The summed E-state index contributed by atoms with van der Waals surface area (Å²) in [5, 5.41) is 4.59. The summed E-state index contributed by atoms with van der Waals surface area (Å²) in [4.78, 5) is 19.3. The highest BCUT2D eigenvalue weighted by Gasteiger charge is 2.32. The van der Waals surface area contributed by atoms with Gasteiger partial charge in [-0.1, -0.05) is 0 Å². The van der Waals surface area contributed by atoms with Gasteiger partial charge in [0.05, 0.1) is 23.4 Å². The van der Waals surface area contributed by atoms with Crippen LogP contribution in [0.1, 0.15) is 17.7 Å². The first kappa shape index (κ1) is 21.7. The number of benzene rings is 1. The van der Waals surface area contributed by atoms with Gasteiger partial charge in [0.15, 0.2) is 11.6 Å². The maximum atomic E-state index is 14.5. The number of nitrogens with one attached hydrogen (secondary N) is 2. The standard InChI is InChI=1S/C26H29FN6OS/c27-17-11-20(19-2-5-29-22(19)12-17)25-30-23-13-18(15-32-6-3-21-16(14-32)1-4-28-21)35-24(23)26(31-25)33-7-9-34-10-8-33/h2,5,11-13,16,21,28-29H,1,3-4,6-10,14-15H2. The molecule has 0 aliphatic carbocycles. The molecule has 0 amide bonds. The highest BCUT2D eigenvalue weighted by atomic mass is 32.1. The number of piperidine rings is 1. The van der Waals surface area contributed by atoms with E-state index in [2.05, 4.69) is 26.2 Å². The number of aromatic amines is 1. The van der Waals surface area contributed by atoms with E-state index in [-0.39, 0.29) is 5.82 Å². The third-order valence-corrected chi connectivity index (χ3v) is 8.81. The summed E-state index contributed by atoms with van der Waals surface area (Å²) in [6.07, 6.45) is 4.34. The van der Waals surface area contributed by atoms with E-state index < -0.39 is 0 Å². The fourth-order valence-electron chi connectivity index (χ4n) is 5.96. The first-order chi connectivity index (χ1) is 17.2. The first-order valence-electron chi connectivity index (χ1n) is 12.6. The van der Waals surface area contributed by atoms with Crippen LogP contribution in [0, 0.1) is 11.7 Å². The summed E-state index contributed by atoms with van der Waals surface area (Å²) in [7, 11) is 0. The van der Waals surface area contributed by atoms with Gasteiger partial charge in [-0.2, -0.15) is 0 Å². The molecule has 0 radical (unpaired) electrons. The van der Waals surface area contributed by atoms with Crippen molar-refractivity contribution in [1.82, 2.24) is 25.2 Å². The second kappa shape index (κ2) is 8.81. The Labute approximate surface area is 207 Å². The van der Waals surface area contributed by atoms with Crippen molar-refractivity contribution in [1.29, 1.82) is 0 Å². The lowest BCUT2D eigenvalue weighted by molar-refractivity contribution is 0.122. The third-order valence-electron chi connectivity index (χ3n) is 7.71. The van der Waals surface area contributed by atoms with E-state index in [0.29, 0.717) is 25.1 Å². The molecule has 7 nitrogen and oxygen atoms in total. The van der Waals surface area contributed by atoms with Crippen LogP contribution in [-0.4, -0.2) is 71.8 Å². The average Bonchev–Trinajstić information content (AvgIpc) is 3.62. The monoisotopic (exact) mass is 492 g/mol. The van der Waals surface area contributed by atoms with E-state index in [0.717, 1.165) is 77.7 Å². The number of fused-ring (bicyclic) bond motifs is 3. The first-order valence-corrected chi connectivity index (χ1v) is 13.4. The predicted molar refractivity (Wildman–Crippen MR) is 137 cm³/mol. The lowest BCUT2D eigenvalue weighted by Crippen LogP contribution is -2.43. The number of aromatic nitrogens is 3. The van der Waals surface area contributed by atoms with Crippen LogP contribution < -0.4 is 10.2 Å². The van der Waals surface area contributed by atoms with Crippen LogP contribution >= 0.6 is 11.3 Å². The van der Waals surface area contributed by atoms with Gasteiger partial charge in [-0.3, -0.25) is 4.90 Å². The van der Waals surface area contributed by atoms with E-state index >= 15 is 0 Å². The number of morpholine rings is 1. The Bertz CT molecular complexity index is 1380. The number of anilines is 1. The molecule has 7 rings (SSSR count). The summed E-state index contributed by atoms with van der Waals surface area (Å²) in [6, 6.07) is 7.96. The number of thiophene rings is 1. The molecule has 0 bridgehead atoms. The van der Waals surface area contributed by atoms with Crippen molar-refractivity contribution in [2.75, 3.05) is 50.8 Å². The number of hydrogen-bond donors (Lipinski definition) is 2. The lowest BCUT2D eigenvalue weighted by Gasteiger charge is -2.34. The van der Waals surface area contributed by atoms with Gasteiger partial charge in [0.25, 0.3) is 0 Å². The van der Waals surface area contributed by atoms with Gasteiger partial charge in [0.1, 0.15) is 5.82 Å². The Morgan fingerprint density at radius 2 is 2.03 bits per heavy atom. The number of nitrogens with zero attached hydrogens (tertiary/aromatic N) is 4. The number of rotatable bonds is 4. The number of halogens is 1. The van der Waals surface area contributed by atoms with Gasteiger partial charge in [-0.25, -0.2) is 14.4 Å². The van der Waals surface area contributed by atoms with E-state index in [1.54, 1.807) is 17.4 Å². The van der Waals surface area contributed by atoms with Crippen molar-refractivity contribution in [3.05, 3.63) is 41.2 Å². The largest absolute Gasteiger partial charge is 0.378 e. The Balaban J connectivity index is 1.29. The number of ether oxygens (including phenoxy) is 1. The molecule has 2 atom stereocenters. The van der Waals surface area contributed by atoms with Gasteiger partial charge in [-0.15, -0.1) is 11.3 Å². The van der Waals surface area contributed by atoms with Crippen LogP contribution in [-0.2, 0) is 11.3 Å². The molecule has 3 aromatic heterocycles. The zero-order valence-electron chi connectivity index (χ0n) is 19.6. The Kier molecular flexibility index (Phi) is 5.46. The minimum Gasteiger partial charge on any atom is -0.378 e. The van der Waals surface area contributed by atoms with Gasteiger partial charge in [-0.05, 0) is 49.6 Å². The van der Waals surface area contributed by atoms with Crippen molar-refractivity contribution in [2.45, 2.75) is 25.4 Å². The topological polar surface area (TPSA) is 69.3 Å². The molecule has 4 aromatic rings. The molecule has 9 heteroatoms. The molecule has 0 spiro atoms. The minimum atomic E-state index is -0.289. The average molecular weight is 493 g/mol. The summed E-state index contributed by atoms with van der Waals surface area (Å²) in [6.45, 7) is 7.36. The second-order valence-corrected chi connectivity index (χ2v) is 11.1. The Morgan fingerprint density at radius 1 is 1.11 bits per heavy atom. The number of H-pyrrole nitrogens is 1. The van der Waals surface area contributed by atoms with Gasteiger partial charge in [0, 0.05) is 66.3 Å². The normalized spacial score (nSPS) is 23.4. The Morgan fingerprint density at radius 3 is 2.94 bits per heavy atom. The van der Waals surface area contributed by atoms with Crippen LogP contribution in [0.15, 0.2) is 30.5 Å². The van der Waals surface area contributed by atoms with E-state index in [1.807, 2.05) is 12.3 Å². The quantitative estimate of drug-likeness (QED) is 0.449. The lowest BCUT2D eigenvalue weighted by atomic mass is 9.93. The highest BCUT2D eigenvalue weighted by molar-refractivity contribution is 7.19. The van der Waals surface area contributed by atoms with E-state index in [4.69, 9.17) is 14.7 Å². The zero-order valence-corrected chi connectivity index (χ0v) is 20.4. The van der Waals surface area contributed by atoms with Crippen molar-refractivity contribution in [3.8, 4) is 11.4 Å². The van der Waals surface area contributed by atoms with Crippen LogP contribution in [0.2, 0.25) is 0 Å². The van der Waals surface area contributed by atoms with Gasteiger partial charge < -0.3 is 19.9 Å². The van der Waals surface area contributed by atoms with Crippen molar-refractivity contribution in [2.24, 2.45) is 5.92 Å². The molecule has 3 aliphatic rings. The maximum Gasteiger partial charge on any atom is 0.163 e. The summed E-state index contributed by atoms with van der Waals surface area (Å²) in [5.74, 6) is 1.99. The van der Waals surface area contributed by atoms with E-state index in [9.17, 15) is 4.39 Å². The van der Waals surface area contributed by atoms with Crippen LogP contribution in [0.3, 0.4) is 0 Å². The Hall–Kier alpha value is -2.59. The van der Waals surface area contributed by atoms with Crippen LogP contribution in [0.4, 0.5) is 10.2 Å². The molecule has 3 aliphatic heterocycles. The summed E-state index contributed by atoms with van der Waals surface area (Å²) < 4.78 is 21.2. The van der Waals surface area contributed by atoms with Crippen LogP contribution in [0.25, 0.3) is 32.5 Å². The van der Waals surface area contributed by atoms with Gasteiger partial charge >= 0.3 is 0 Å².